The minimum atomic E-state index is 1.03. The van der Waals surface area contributed by atoms with Gasteiger partial charge in [-0.1, -0.05) is 0 Å². The van der Waals surface area contributed by atoms with E-state index in [4.69, 9.17) is 0 Å². The molecular formula is C6H9N2. The Kier molecular flexibility index (Phi) is 1.33. The van der Waals surface area contributed by atoms with E-state index in [9.17, 15) is 0 Å². The number of allylic oxidation sites excluding steroid dienone is 1. The van der Waals surface area contributed by atoms with Gasteiger partial charge >= 0.3 is 0 Å². The second kappa shape index (κ2) is 1.99. The van der Waals surface area contributed by atoms with Crippen LogP contribution in [0.5, 0.6) is 0 Å². The number of rotatable bonds is 0. The van der Waals surface area contributed by atoms with Gasteiger partial charge in [0.05, 0.1) is 12.2 Å². The zero-order valence-electron chi connectivity index (χ0n) is 5.10. The molecule has 0 aliphatic carbocycles. The second-order valence-corrected chi connectivity index (χ2v) is 1.85. The molecule has 2 nitrogen and oxygen atoms in total. The lowest BCUT2D eigenvalue weighted by atomic mass is 10.3. The molecule has 0 bridgehead atoms. The Hall–Kier alpha value is -0.790. The van der Waals surface area contributed by atoms with Gasteiger partial charge in [-0.2, -0.15) is 0 Å². The van der Waals surface area contributed by atoms with E-state index in [1.807, 2.05) is 26.6 Å². The molecular weight excluding hydrogens is 100 g/mol. The Bertz CT molecular complexity index is 145. The maximum atomic E-state index is 4.14. The summed E-state index contributed by atoms with van der Waals surface area (Å²) in [6.45, 7) is 5.79. The third kappa shape index (κ3) is 1.09. The van der Waals surface area contributed by atoms with E-state index in [-0.39, 0.29) is 0 Å². The molecule has 1 N–H and O–H groups in total. The van der Waals surface area contributed by atoms with Crippen LogP contribution in [-0.2, 0) is 0 Å². The van der Waals surface area contributed by atoms with Gasteiger partial charge in [0.2, 0.25) is 0 Å². The van der Waals surface area contributed by atoms with E-state index in [1.165, 1.54) is 0 Å². The van der Waals surface area contributed by atoms with E-state index in [0.29, 0.717) is 0 Å². The van der Waals surface area contributed by atoms with Crippen LogP contribution < -0.4 is 5.32 Å². The van der Waals surface area contributed by atoms with E-state index in [1.54, 1.807) is 0 Å². The summed E-state index contributed by atoms with van der Waals surface area (Å²) in [6, 6.07) is 0. The van der Waals surface area contributed by atoms with Crippen LogP contribution in [0, 0.1) is 6.54 Å². The molecule has 43 valence electrons. The first-order valence-corrected chi connectivity index (χ1v) is 2.60. The Morgan fingerprint density at radius 2 is 2.25 bits per heavy atom. The average Bonchev–Trinajstić information content (AvgIpc) is 1.64. The number of aliphatic imine (C=N–C) groups is 1. The van der Waals surface area contributed by atoms with Crippen LogP contribution in [-0.4, -0.2) is 5.71 Å². The maximum absolute atomic E-state index is 4.14. The van der Waals surface area contributed by atoms with Gasteiger partial charge in [-0.15, -0.1) is 0 Å². The van der Waals surface area contributed by atoms with Crippen molar-refractivity contribution in [2.45, 2.75) is 13.8 Å². The molecule has 0 atom stereocenters. The molecule has 0 fully saturated rings. The molecule has 1 aliphatic heterocycles. The molecule has 1 heterocycles. The van der Waals surface area contributed by atoms with Crippen LogP contribution in [0.15, 0.2) is 16.9 Å². The highest BCUT2D eigenvalue weighted by atomic mass is 14.9. The van der Waals surface area contributed by atoms with Crippen LogP contribution in [0.2, 0.25) is 0 Å². The number of hydrogen-bond acceptors (Lipinski definition) is 2. The topological polar surface area (TPSA) is 24.4 Å². The monoisotopic (exact) mass is 109 g/mol. The predicted molar refractivity (Wildman–Crippen MR) is 34.3 cm³/mol. The molecule has 1 rings (SSSR count). The third-order valence-corrected chi connectivity index (χ3v) is 0.937. The van der Waals surface area contributed by atoms with Crippen LogP contribution in [0.1, 0.15) is 13.8 Å². The van der Waals surface area contributed by atoms with Gasteiger partial charge < -0.3 is 5.32 Å². The van der Waals surface area contributed by atoms with Crippen molar-refractivity contribution >= 4 is 5.71 Å². The molecule has 0 amide bonds. The van der Waals surface area contributed by atoms with Crippen LogP contribution in [0.4, 0.5) is 0 Å². The fourth-order valence-corrected chi connectivity index (χ4v) is 0.626. The third-order valence-electron chi connectivity index (χ3n) is 0.937. The minimum absolute atomic E-state index is 1.03. The first-order valence-electron chi connectivity index (χ1n) is 2.60. The highest BCUT2D eigenvalue weighted by Crippen LogP contribution is 1.99. The van der Waals surface area contributed by atoms with Gasteiger partial charge in [0, 0.05) is 11.9 Å². The van der Waals surface area contributed by atoms with Gasteiger partial charge in [0.25, 0.3) is 0 Å². The molecule has 0 aromatic carbocycles. The Morgan fingerprint density at radius 3 is 2.62 bits per heavy atom. The summed E-state index contributed by atoms with van der Waals surface area (Å²) in [5.74, 6) is 0. The standard InChI is InChI=1S/C6H9N2/c1-5-3-7-4-6(2)8-5/h3-4,7H,1-2H3. The lowest BCUT2D eigenvalue weighted by Gasteiger charge is -2.06. The molecule has 1 aliphatic rings. The molecule has 0 unspecified atom stereocenters. The molecule has 1 radical (unpaired) electrons. The summed E-state index contributed by atoms with van der Waals surface area (Å²) >= 11 is 0. The lowest BCUT2D eigenvalue weighted by Crippen LogP contribution is -2.12. The van der Waals surface area contributed by atoms with E-state index >= 15 is 0 Å². The summed E-state index contributed by atoms with van der Waals surface area (Å²) in [5.41, 5.74) is 2.06. The van der Waals surface area contributed by atoms with Crippen molar-refractivity contribution in [1.29, 1.82) is 0 Å². The summed E-state index contributed by atoms with van der Waals surface area (Å²) in [7, 11) is 0. The van der Waals surface area contributed by atoms with Crippen molar-refractivity contribution < 1.29 is 0 Å². The first-order chi connectivity index (χ1) is 3.79. The number of nitrogens with one attached hydrogen (secondary N) is 1. The van der Waals surface area contributed by atoms with Crippen LogP contribution >= 0.6 is 0 Å². The number of hydrogen-bond donors (Lipinski definition) is 1. The molecule has 0 saturated heterocycles. The van der Waals surface area contributed by atoms with Crippen molar-refractivity contribution in [2.24, 2.45) is 4.99 Å². The van der Waals surface area contributed by atoms with Crippen molar-refractivity contribution in [3.8, 4) is 0 Å². The van der Waals surface area contributed by atoms with Gasteiger partial charge in [0.1, 0.15) is 0 Å². The average molecular weight is 109 g/mol. The quantitative estimate of drug-likeness (QED) is 0.494. The van der Waals surface area contributed by atoms with Crippen molar-refractivity contribution in [1.82, 2.24) is 5.32 Å². The molecule has 0 aromatic rings. The number of nitrogens with zero attached hydrogens (tertiary/aromatic N) is 1. The molecule has 0 saturated carbocycles. The Morgan fingerprint density at radius 1 is 1.50 bits per heavy atom. The summed E-state index contributed by atoms with van der Waals surface area (Å²) in [4.78, 5) is 4.14. The summed E-state index contributed by atoms with van der Waals surface area (Å²) < 4.78 is 0. The van der Waals surface area contributed by atoms with E-state index < -0.39 is 0 Å². The van der Waals surface area contributed by atoms with Gasteiger partial charge in [-0.05, 0) is 13.8 Å². The zero-order valence-corrected chi connectivity index (χ0v) is 5.10. The molecule has 0 aromatic heterocycles. The van der Waals surface area contributed by atoms with Crippen molar-refractivity contribution in [3.63, 3.8) is 0 Å². The molecule has 2 heteroatoms. The van der Waals surface area contributed by atoms with Gasteiger partial charge in [-0.25, -0.2) is 0 Å². The Labute approximate surface area is 49.3 Å². The van der Waals surface area contributed by atoms with Gasteiger partial charge in [0.15, 0.2) is 0 Å². The minimum Gasteiger partial charge on any atom is -0.379 e. The van der Waals surface area contributed by atoms with Crippen LogP contribution in [0.25, 0.3) is 0 Å². The largest absolute Gasteiger partial charge is 0.379 e. The normalized spacial score (nSPS) is 18.8. The van der Waals surface area contributed by atoms with E-state index in [0.717, 1.165) is 11.4 Å². The first kappa shape index (κ1) is 5.35. The fraction of sp³-hybridized carbons (Fsp3) is 0.333. The molecule has 8 heavy (non-hydrogen) atoms. The van der Waals surface area contributed by atoms with Crippen molar-refractivity contribution in [2.75, 3.05) is 0 Å². The smallest absolute Gasteiger partial charge is 0.0895 e. The zero-order chi connectivity index (χ0) is 5.98. The second-order valence-electron chi connectivity index (χ2n) is 1.85. The summed E-state index contributed by atoms with van der Waals surface area (Å²) in [6.07, 6.45) is 1.87. The predicted octanol–water partition coefficient (Wildman–Crippen LogP) is 1.07. The summed E-state index contributed by atoms with van der Waals surface area (Å²) in [5, 5.41) is 2.97. The maximum Gasteiger partial charge on any atom is 0.0895 e. The Balaban J connectivity index is 2.69. The highest BCUT2D eigenvalue weighted by Gasteiger charge is 1.95. The fourth-order valence-electron chi connectivity index (χ4n) is 0.626. The molecule has 0 spiro atoms. The van der Waals surface area contributed by atoms with Gasteiger partial charge in [-0.3, -0.25) is 4.99 Å². The van der Waals surface area contributed by atoms with E-state index in [2.05, 4.69) is 10.3 Å². The SMILES string of the molecule is CC1=CN[CH]C(C)=N1. The van der Waals surface area contributed by atoms with Crippen molar-refractivity contribution in [3.05, 3.63) is 18.4 Å². The lowest BCUT2D eigenvalue weighted by molar-refractivity contribution is 1.04. The van der Waals surface area contributed by atoms with Crippen LogP contribution in [0.3, 0.4) is 0 Å². The highest BCUT2D eigenvalue weighted by molar-refractivity contribution is 5.91.